The Hall–Kier alpha value is -3.22. The maximum Gasteiger partial charge on any atom is 0.234 e. The van der Waals surface area contributed by atoms with Crippen LogP contribution in [0.2, 0.25) is 0 Å². The fraction of sp³-hybridized carbons (Fsp3) is 0.0417. The van der Waals surface area contributed by atoms with E-state index in [0.717, 1.165) is 42.8 Å². The molecule has 5 aromatic rings. The van der Waals surface area contributed by atoms with Crippen LogP contribution < -0.4 is 5.32 Å². The molecule has 4 nitrogen and oxygen atoms in total. The highest BCUT2D eigenvalue weighted by Gasteiger charge is 2.14. The number of rotatable bonds is 5. The van der Waals surface area contributed by atoms with Crippen LogP contribution in [0, 0.1) is 0 Å². The number of nitrogens with zero attached hydrogens (tertiary/aromatic N) is 2. The lowest BCUT2D eigenvalue weighted by Crippen LogP contribution is -2.14. The van der Waals surface area contributed by atoms with Crippen molar-refractivity contribution in [2.45, 2.75) is 5.03 Å². The van der Waals surface area contributed by atoms with Gasteiger partial charge in [0.1, 0.15) is 16.2 Å². The molecule has 0 radical (unpaired) electrons. The quantitative estimate of drug-likeness (QED) is 0.266. The number of carbonyl (C=O) groups is 1. The Morgan fingerprint density at radius 2 is 1.73 bits per heavy atom. The topological polar surface area (TPSA) is 54.9 Å². The van der Waals surface area contributed by atoms with Crippen LogP contribution in [0.4, 0.5) is 5.69 Å². The number of fused-ring (bicyclic) bond motifs is 2. The van der Waals surface area contributed by atoms with Crippen molar-refractivity contribution in [2.24, 2.45) is 0 Å². The van der Waals surface area contributed by atoms with Gasteiger partial charge in [-0.25, -0.2) is 9.97 Å². The highest BCUT2D eigenvalue weighted by molar-refractivity contribution is 8.00. The van der Waals surface area contributed by atoms with Crippen LogP contribution in [0.1, 0.15) is 0 Å². The standard InChI is InChI=1S/C24H17N3OS2/c28-21(27-19-11-10-16-6-4-5-9-18(16)12-19)14-30-24-22-20(17-7-2-1-3-8-17)13-29-23(22)25-15-26-24/h1-13,15H,14H2,(H,27,28). The average Bonchev–Trinajstić information content (AvgIpc) is 3.23. The summed E-state index contributed by atoms with van der Waals surface area (Å²) in [5, 5.41) is 9.19. The van der Waals surface area contributed by atoms with Gasteiger partial charge in [0.25, 0.3) is 0 Å². The summed E-state index contributed by atoms with van der Waals surface area (Å²) in [4.78, 5) is 22.4. The number of aromatic nitrogens is 2. The third-order valence-corrected chi connectivity index (χ3v) is 6.67. The van der Waals surface area contributed by atoms with Crippen molar-refractivity contribution in [1.29, 1.82) is 0 Å². The fourth-order valence-electron chi connectivity index (χ4n) is 3.39. The molecule has 0 unspecified atom stereocenters. The first-order chi connectivity index (χ1) is 14.8. The maximum atomic E-state index is 12.6. The van der Waals surface area contributed by atoms with Crippen LogP contribution in [-0.4, -0.2) is 21.6 Å². The molecule has 0 spiro atoms. The summed E-state index contributed by atoms with van der Waals surface area (Å²) in [6.45, 7) is 0. The van der Waals surface area contributed by atoms with E-state index in [2.05, 4.69) is 38.9 Å². The normalized spacial score (nSPS) is 11.1. The van der Waals surface area contributed by atoms with Crippen molar-refractivity contribution in [3.05, 3.63) is 84.5 Å². The largest absolute Gasteiger partial charge is 0.325 e. The molecule has 0 fully saturated rings. The predicted octanol–water partition coefficient (Wildman–Crippen LogP) is 6.24. The van der Waals surface area contributed by atoms with E-state index in [0.29, 0.717) is 0 Å². The predicted molar refractivity (Wildman–Crippen MR) is 126 cm³/mol. The molecule has 0 saturated heterocycles. The van der Waals surface area contributed by atoms with Gasteiger partial charge in [-0.15, -0.1) is 11.3 Å². The lowest BCUT2D eigenvalue weighted by Gasteiger charge is -2.08. The van der Waals surface area contributed by atoms with Crippen molar-refractivity contribution in [1.82, 2.24) is 9.97 Å². The third kappa shape index (κ3) is 3.79. The van der Waals surface area contributed by atoms with Crippen LogP contribution in [-0.2, 0) is 4.79 Å². The molecule has 1 amide bonds. The van der Waals surface area contributed by atoms with Gasteiger partial charge < -0.3 is 5.32 Å². The summed E-state index contributed by atoms with van der Waals surface area (Å²) in [7, 11) is 0. The summed E-state index contributed by atoms with van der Waals surface area (Å²) in [6, 6.07) is 24.2. The Morgan fingerprint density at radius 3 is 2.60 bits per heavy atom. The first kappa shape index (κ1) is 18.8. The summed E-state index contributed by atoms with van der Waals surface area (Å²) < 4.78 is 0. The molecule has 0 saturated carbocycles. The maximum absolute atomic E-state index is 12.6. The number of thiophene rings is 1. The molecule has 146 valence electrons. The molecule has 3 aromatic carbocycles. The van der Waals surface area contributed by atoms with Crippen molar-refractivity contribution in [2.75, 3.05) is 11.1 Å². The van der Waals surface area contributed by atoms with E-state index in [-0.39, 0.29) is 11.7 Å². The van der Waals surface area contributed by atoms with E-state index in [4.69, 9.17) is 0 Å². The second kappa shape index (κ2) is 8.26. The number of thioether (sulfide) groups is 1. The second-order valence-electron chi connectivity index (χ2n) is 6.77. The molecule has 30 heavy (non-hydrogen) atoms. The Bertz CT molecular complexity index is 1350. The van der Waals surface area contributed by atoms with Crippen LogP contribution in [0.15, 0.2) is 89.5 Å². The van der Waals surface area contributed by atoms with Crippen molar-refractivity contribution in [3.63, 3.8) is 0 Å². The van der Waals surface area contributed by atoms with Gasteiger partial charge in [0.05, 0.1) is 11.1 Å². The third-order valence-electron chi connectivity index (χ3n) is 4.79. The molecule has 0 aliphatic carbocycles. The molecule has 2 aromatic heterocycles. The Morgan fingerprint density at radius 1 is 0.933 bits per heavy atom. The molecular formula is C24H17N3OS2. The molecule has 0 aliphatic rings. The zero-order valence-corrected chi connectivity index (χ0v) is 17.5. The zero-order valence-electron chi connectivity index (χ0n) is 15.9. The molecule has 5 rings (SSSR count). The zero-order chi connectivity index (χ0) is 20.3. The molecule has 0 atom stereocenters. The van der Waals surface area contributed by atoms with E-state index in [1.54, 1.807) is 17.7 Å². The number of amides is 1. The minimum atomic E-state index is -0.0569. The highest BCUT2D eigenvalue weighted by Crippen LogP contribution is 2.37. The molecule has 6 heteroatoms. The van der Waals surface area contributed by atoms with Crippen LogP contribution in [0.3, 0.4) is 0 Å². The summed E-state index contributed by atoms with van der Waals surface area (Å²) in [6.07, 6.45) is 1.57. The SMILES string of the molecule is O=C(CSc1ncnc2scc(-c3ccccc3)c12)Nc1ccc2ccccc2c1. The van der Waals surface area contributed by atoms with Crippen molar-refractivity contribution in [3.8, 4) is 11.1 Å². The van der Waals surface area contributed by atoms with Gasteiger partial charge in [-0.3, -0.25) is 4.79 Å². The van der Waals surface area contributed by atoms with E-state index in [1.165, 1.54) is 11.8 Å². The molecule has 0 bridgehead atoms. The van der Waals surface area contributed by atoms with Crippen LogP contribution in [0.5, 0.6) is 0 Å². The number of carbonyl (C=O) groups excluding carboxylic acids is 1. The van der Waals surface area contributed by atoms with Gasteiger partial charge >= 0.3 is 0 Å². The molecule has 2 heterocycles. The molecule has 1 N–H and O–H groups in total. The van der Waals surface area contributed by atoms with Crippen LogP contribution in [0.25, 0.3) is 32.1 Å². The lowest BCUT2D eigenvalue weighted by molar-refractivity contribution is -0.113. The van der Waals surface area contributed by atoms with Gasteiger partial charge in [0.15, 0.2) is 0 Å². The van der Waals surface area contributed by atoms with E-state index < -0.39 is 0 Å². The van der Waals surface area contributed by atoms with Gasteiger partial charge in [-0.05, 0) is 28.5 Å². The Balaban J connectivity index is 1.35. The van der Waals surface area contributed by atoms with Crippen molar-refractivity contribution < 1.29 is 4.79 Å². The molecular weight excluding hydrogens is 410 g/mol. The number of hydrogen-bond donors (Lipinski definition) is 1. The average molecular weight is 428 g/mol. The fourth-order valence-corrected chi connectivity index (χ4v) is 5.18. The molecule has 0 aliphatic heterocycles. The first-order valence-corrected chi connectivity index (χ1v) is 11.3. The summed E-state index contributed by atoms with van der Waals surface area (Å²) in [5.41, 5.74) is 3.03. The second-order valence-corrected chi connectivity index (χ2v) is 8.60. The first-order valence-electron chi connectivity index (χ1n) is 9.47. The van der Waals surface area contributed by atoms with Crippen molar-refractivity contribution >= 4 is 55.7 Å². The van der Waals surface area contributed by atoms with Gasteiger partial charge in [-0.1, -0.05) is 72.4 Å². The van der Waals surface area contributed by atoms with E-state index >= 15 is 0 Å². The smallest absolute Gasteiger partial charge is 0.234 e. The number of hydrogen-bond acceptors (Lipinski definition) is 5. The monoisotopic (exact) mass is 427 g/mol. The number of benzene rings is 3. The number of nitrogens with one attached hydrogen (secondary N) is 1. The minimum absolute atomic E-state index is 0.0569. The van der Waals surface area contributed by atoms with E-state index in [9.17, 15) is 4.79 Å². The summed E-state index contributed by atoms with van der Waals surface area (Å²) >= 11 is 3.03. The Kier molecular flexibility index (Phi) is 5.17. The van der Waals surface area contributed by atoms with Crippen LogP contribution >= 0.6 is 23.1 Å². The van der Waals surface area contributed by atoms with Gasteiger partial charge in [0, 0.05) is 16.6 Å². The summed E-state index contributed by atoms with van der Waals surface area (Å²) in [5.74, 6) is 0.224. The van der Waals surface area contributed by atoms with Gasteiger partial charge in [-0.2, -0.15) is 0 Å². The van der Waals surface area contributed by atoms with E-state index in [1.807, 2.05) is 54.6 Å². The Labute approximate surface area is 182 Å². The highest BCUT2D eigenvalue weighted by atomic mass is 32.2. The minimum Gasteiger partial charge on any atom is -0.325 e. The number of anilines is 1. The van der Waals surface area contributed by atoms with Gasteiger partial charge in [0.2, 0.25) is 5.91 Å². The lowest BCUT2D eigenvalue weighted by atomic mass is 10.1.